The van der Waals surface area contributed by atoms with E-state index in [0.717, 1.165) is 12.3 Å². The Morgan fingerprint density at radius 2 is 1.93 bits per heavy atom. The molecule has 0 heterocycles. The Kier molecular flexibility index (Phi) is 3.05. The minimum atomic E-state index is 0.324. The molecule has 2 aliphatic carbocycles. The number of allylic oxidation sites excluding steroid dienone is 2. The summed E-state index contributed by atoms with van der Waals surface area (Å²) in [4.78, 5) is 11.2. The Balaban J connectivity index is 2.01. The molecule has 0 radical (unpaired) electrons. The van der Waals surface area contributed by atoms with Gasteiger partial charge in [-0.1, -0.05) is 32.3 Å². The molecule has 0 bridgehead atoms. The summed E-state index contributed by atoms with van der Waals surface area (Å²) in [5, 5.41) is 0. The number of hydrogen-bond acceptors (Lipinski definition) is 1. The lowest BCUT2D eigenvalue weighted by Crippen LogP contribution is -2.26. The third kappa shape index (κ3) is 2.08. The van der Waals surface area contributed by atoms with Crippen molar-refractivity contribution < 1.29 is 4.79 Å². The molecule has 1 fully saturated rings. The van der Waals surface area contributed by atoms with Gasteiger partial charge in [0.05, 0.1) is 0 Å². The van der Waals surface area contributed by atoms with Crippen molar-refractivity contribution in [2.75, 3.05) is 0 Å². The van der Waals surface area contributed by atoms with Crippen LogP contribution >= 0.6 is 0 Å². The maximum Gasteiger partial charge on any atom is 0.155 e. The second-order valence-corrected chi connectivity index (χ2v) is 4.98. The molecule has 1 heteroatoms. The van der Waals surface area contributed by atoms with Crippen molar-refractivity contribution in [3.63, 3.8) is 0 Å². The fraction of sp³-hybridized carbons (Fsp3) is 0.769. The van der Waals surface area contributed by atoms with Crippen molar-refractivity contribution in [2.24, 2.45) is 17.8 Å². The van der Waals surface area contributed by atoms with Gasteiger partial charge in [0.2, 0.25) is 0 Å². The third-order valence-electron chi connectivity index (χ3n) is 3.88. The van der Waals surface area contributed by atoms with E-state index >= 15 is 0 Å². The highest BCUT2D eigenvalue weighted by molar-refractivity contribution is 5.90. The van der Waals surface area contributed by atoms with Gasteiger partial charge in [-0.2, -0.15) is 0 Å². The monoisotopic (exact) mass is 192 g/mol. The number of carbonyl (C=O) groups excluding carboxylic acids is 1. The summed E-state index contributed by atoms with van der Waals surface area (Å²) in [5.74, 6) is 2.45. The first-order valence-corrected chi connectivity index (χ1v) is 5.98. The van der Waals surface area contributed by atoms with Crippen LogP contribution in [0.15, 0.2) is 12.2 Å². The van der Waals surface area contributed by atoms with E-state index in [1.54, 1.807) is 0 Å². The predicted molar refractivity (Wildman–Crippen MR) is 58.0 cm³/mol. The number of ketones is 1. The van der Waals surface area contributed by atoms with Crippen LogP contribution in [0.1, 0.15) is 45.4 Å². The van der Waals surface area contributed by atoms with E-state index < -0.39 is 0 Å². The van der Waals surface area contributed by atoms with Crippen molar-refractivity contribution in [3.8, 4) is 0 Å². The fourth-order valence-corrected chi connectivity index (χ4v) is 3.07. The second kappa shape index (κ2) is 4.29. The normalized spacial score (nSPS) is 34.8. The smallest absolute Gasteiger partial charge is 0.155 e. The van der Waals surface area contributed by atoms with Crippen molar-refractivity contribution in [2.45, 2.75) is 45.4 Å². The SMILES string of the molecule is CC1CC(=O)C=CC1C1CCCCC1. The quantitative estimate of drug-likeness (QED) is 0.622. The standard InChI is InChI=1S/C13H20O/c1-10-9-12(14)7-8-13(10)11-5-3-2-4-6-11/h7-8,10-11,13H,2-6,9H2,1H3. The highest BCUT2D eigenvalue weighted by atomic mass is 16.1. The largest absolute Gasteiger partial charge is 0.295 e. The van der Waals surface area contributed by atoms with E-state index in [0.29, 0.717) is 17.6 Å². The molecule has 0 aromatic carbocycles. The van der Waals surface area contributed by atoms with E-state index in [-0.39, 0.29) is 0 Å². The summed E-state index contributed by atoms with van der Waals surface area (Å²) in [6.45, 7) is 2.24. The van der Waals surface area contributed by atoms with Gasteiger partial charge in [0.1, 0.15) is 0 Å². The number of carbonyl (C=O) groups is 1. The molecule has 0 aliphatic heterocycles. The molecular formula is C13H20O. The van der Waals surface area contributed by atoms with Gasteiger partial charge in [-0.25, -0.2) is 0 Å². The summed E-state index contributed by atoms with van der Waals surface area (Å²) in [6, 6.07) is 0. The van der Waals surface area contributed by atoms with Gasteiger partial charge in [-0.15, -0.1) is 0 Å². The van der Waals surface area contributed by atoms with Crippen molar-refractivity contribution in [3.05, 3.63) is 12.2 Å². The van der Waals surface area contributed by atoms with Crippen molar-refractivity contribution >= 4 is 5.78 Å². The molecular weight excluding hydrogens is 172 g/mol. The zero-order valence-electron chi connectivity index (χ0n) is 9.04. The molecule has 0 saturated heterocycles. The van der Waals surface area contributed by atoms with Crippen LogP contribution in [-0.4, -0.2) is 5.78 Å². The van der Waals surface area contributed by atoms with Crippen LogP contribution in [0.5, 0.6) is 0 Å². The van der Waals surface area contributed by atoms with Crippen LogP contribution in [0, 0.1) is 17.8 Å². The Hall–Kier alpha value is -0.590. The van der Waals surface area contributed by atoms with Gasteiger partial charge >= 0.3 is 0 Å². The summed E-state index contributed by atoms with van der Waals surface area (Å²) < 4.78 is 0. The van der Waals surface area contributed by atoms with E-state index in [4.69, 9.17) is 0 Å². The van der Waals surface area contributed by atoms with Gasteiger partial charge in [0, 0.05) is 6.42 Å². The van der Waals surface area contributed by atoms with Crippen LogP contribution in [0.4, 0.5) is 0 Å². The molecule has 0 N–H and O–H groups in total. The summed E-state index contributed by atoms with van der Waals surface area (Å²) >= 11 is 0. The molecule has 78 valence electrons. The highest BCUT2D eigenvalue weighted by Gasteiger charge is 2.29. The van der Waals surface area contributed by atoms with Crippen LogP contribution in [0.2, 0.25) is 0 Å². The highest BCUT2D eigenvalue weighted by Crippen LogP contribution is 2.37. The molecule has 0 aromatic heterocycles. The first kappa shape index (κ1) is 9.95. The molecule has 0 spiro atoms. The third-order valence-corrected chi connectivity index (χ3v) is 3.88. The maximum absolute atomic E-state index is 11.2. The Morgan fingerprint density at radius 1 is 1.21 bits per heavy atom. The van der Waals surface area contributed by atoms with Gasteiger partial charge in [-0.3, -0.25) is 4.79 Å². The number of hydrogen-bond donors (Lipinski definition) is 0. The van der Waals surface area contributed by atoms with E-state index in [1.165, 1.54) is 32.1 Å². The lowest BCUT2D eigenvalue weighted by molar-refractivity contribution is -0.116. The predicted octanol–water partition coefficient (Wildman–Crippen LogP) is 3.35. The first-order chi connectivity index (χ1) is 6.77. The van der Waals surface area contributed by atoms with Crippen LogP contribution < -0.4 is 0 Å². The minimum absolute atomic E-state index is 0.324. The van der Waals surface area contributed by atoms with Crippen LogP contribution in [0.3, 0.4) is 0 Å². The zero-order valence-corrected chi connectivity index (χ0v) is 9.04. The van der Waals surface area contributed by atoms with Crippen molar-refractivity contribution in [1.29, 1.82) is 0 Å². The average molecular weight is 192 g/mol. The Morgan fingerprint density at radius 3 is 2.57 bits per heavy atom. The summed E-state index contributed by atoms with van der Waals surface area (Å²) in [6.07, 6.45) is 11.8. The zero-order chi connectivity index (χ0) is 9.97. The molecule has 2 aliphatic rings. The van der Waals surface area contributed by atoms with E-state index in [2.05, 4.69) is 13.0 Å². The van der Waals surface area contributed by atoms with Gasteiger partial charge < -0.3 is 0 Å². The average Bonchev–Trinajstić information content (AvgIpc) is 2.19. The van der Waals surface area contributed by atoms with Gasteiger partial charge in [-0.05, 0) is 36.7 Å². The molecule has 0 amide bonds. The van der Waals surface area contributed by atoms with E-state index in [1.807, 2.05) is 6.08 Å². The molecule has 2 rings (SSSR count). The molecule has 1 saturated carbocycles. The van der Waals surface area contributed by atoms with Crippen molar-refractivity contribution in [1.82, 2.24) is 0 Å². The lowest BCUT2D eigenvalue weighted by atomic mass is 9.71. The molecule has 2 unspecified atom stereocenters. The molecule has 14 heavy (non-hydrogen) atoms. The Labute approximate surface area is 86.6 Å². The maximum atomic E-state index is 11.2. The van der Waals surface area contributed by atoms with Gasteiger partial charge in [0.15, 0.2) is 5.78 Å². The molecule has 1 nitrogen and oxygen atoms in total. The molecule has 2 atom stereocenters. The van der Waals surface area contributed by atoms with Gasteiger partial charge in [0.25, 0.3) is 0 Å². The second-order valence-electron chi connectivity index (χ2n) is 4.98. The van der Waals surface area contributed by atoms with Crippen LogP contribution in [-0.2, 0) is 4.79 Å². The minimum Gasteiger partial charge on any atom is -0.295 e. The van der Waals surface area contributed by atoms with Crippen LogP contribution in [0.25, 0.3) is 0 Å². The fourth-order valence-electron chi connectivity index (χ4n) is 3.07. The summed E-state index contributed by atoms with van der Waals surface area (Å²) in [5.41, 5.74) is 0. The lowest BCUT2D eigenvalue weighted by Gasteiger charge is -2.33. The number of rotatable bonds is 1. The topological polar surface area (TPSA) is 17.1 Å². The van der Waals surface area contributed by atoms with E-state index in [9.17, 15) is 4.79 Å². The summed E-state index contributed by atoms with van der Waals surface area (Å²) in [7, 11) is 0. The molecule has 0 aromatic rings. The Bertz CT molecular complexity index is 236. The first-order valence-electron chi connectivity index (χ1n) is 5.98.